The van der Waals surface area contributed by atoms with Crippen molar-refractivity contribution in [2.75, 3.05) is 64.7 Å². The van der Waals surface area contributed by atoms with Crippen molar-refractivity contribution in [1.82, 2.24) is 9.80 Å². The molecule has 0 saturated carbocycles. The summed E-state index contributed by atoms with van der Waals surface area (Å²) in [4.78, 5) is 31.5. The van der Waals surface area contributed by atoms with Crippen LogP contribution in [-0.2, 0) is 9.59 Å². The van der Waals surface area contributed by atoms with E-state index in [0.29, 0.717) is 22.6 Å². The Morgan fingerprint density at radius 3 is 2.09 bits per heavy atom. The maximum atomic E-state index is 12.9. The van der Waals surface area contributed by atoms with E-state index in [4.69, 9.17) is 9.47 Å². The zero-order valence-corrected chi connectivity index (χ0v) is 18.8. The summed E-state index contributed by atoms with van der Waals surface area (Å²) >= 11 is 0. The monoisotopic (exact) mass is 436 g/mol. The van der Waals surface area contributed by atoms with Gasteiger partial charge in [0.05, 0.1) is 19.8 Å². The lowest BCUT2D eigenvalue weighted by molar-refractivity contribution is -0.135. The molecule has 2 amide bonds. The highest BCUT2D eigenvalue weighted by Crippen LogP contribution is 2.35. The first-order valence-electron chi connectivity index (χ1n) is 10.5. The Morgan fingerprint density at radius 2 is 1.47 bits per heavy atom. The SMILES string of the molecule is COc1ccc(C2=C(Nc3ccc(N4CCN(C)CC4)cc3)C(=O)N(C)C2=O)cc1OC. The summed E-state index contributed by atoms with van der Waals surface area (Å²) < 4.78 is 10.7. The summed E-state index contributed by atoms with van der Waals surface area (Å²) in [5, 5.41) is 3.17. The van der Waals surface area contributed by atoms with Crippen molar-refractivity contribution in [2.45, 2.75) is 0 Å². The Hall–Kier alpha value is -3.52. The van der Waals surface area contributed by atoms with Gasteiger partial charge in [-0.05, 0) is 49.0 Å². The number of nitrogens with one attached hydrogen (secondary N) is 1. The Labute approximate surface area is 188 Å². The first-order valence-corrected chi connectivity index (χ1v) is 10.5. The maximum Gasteiger partial charge on any atom is 0.277 e. The lowest BCUT2D eigenvalue weighted by atomic mass is 10.0. The molecule has 2 heterocycles. The van der Waals surface area contributed by atoms with Gasteiger partial charge in [0.2, 0.25) is 0 Å². The van der Waals surface area contributed by atoms with Crippen molar-refractivity contribution in [3.63, 3.8) is 0 Å². The van der Waals surface area contributed by atoms with Gasteiger partial charge >= 0.3 is 0 Å². The normalized spacial score (nSPS) is 17.2. The molecule has 0 aromatic heterocycles. The van der Waals surface area contributed by atoms with Crippen LogP contribution in [0.1, 0.15) is 5.56 Å². The summed E-state index contributed by atoms with van der Waals surface area (Å²) in [6.07, 6.45) is 0. The molecule has 0 radical (unpaired) electrons. The van der Waals surface area contributed by atoms with Crippen molar-refractivity contribution in [2.24, 2.45) is 0 Å². The van der Waals surface area contributed by atoms with Crippen molar-refractivity contribution in [3.8, 4) is 11.5 Å². The van der Waals surface area contributed by atoms with Crippen LogP contribution in [0.5, 0.6) is 11.5 Å². The fourth-order valence-electron chi connectivity index (χ4n) is 3.98. The first kappa shape index (κ1) is 21.7. The molecular formula is C24H28N4O4. The molecule has 2 aliphatic heterocycles. The molecule has 2 aromatic rings. The zero-order valence-electron chi connectivity index (χ0n) is 18.8. The third-order valence-electron chi connectivity index (χ3n) is 5.96. The number of ether oxygens (including phenoxy) is 2. The fraction of sp³-hybridized carbons (Fsp3) is 0.333. The Bertz CT molecular complexity index is 1060. The number of imide groups is 1. The fourth-order valence-corrected chi connectivity index (χ4v) is 3.98. The van der Waals surface area contributed by atoms with E-state index in [1.54, 1.807) is 25.3 Å². The van der Waals surface area contributed by atoms with E-state index in [-0.39, 0.29) is 17.5 Å². The number of nitrogens with zero attached hydrogens (tertiary/aromatic N) is 3. The second kappa shape index (κ2) is 8.92. The van der Waals surface area contributed by atoms with Gasteiger partial charge in [0.1, 0.15) is 5.70 Å². The van der Waals surface area contributed by atoms with Gasteiger partial charge in [-0.25, -0.2) is 0 Å². The van der Waals surface area contributed by atoms with Gasteiger partial charge < -0.3 is 24.6 Å². The minimum absolute atomic E-state index is 0.247. The lowest BCUT2D eigenvalue weighted by Gasteiger charge is -2.34. The van der Waals surface area contributed by atoms with Crippen molar-refractivity contribution in [1.29, 1.82) is 0 Å². The Kier molecular flexibility index (Phi) is 6.05. The maximum absolute atomic E-state index is 12.9. The van der Waals surface area contributed by atoms with Gasteiger partial charge in [-0.15, -0.1) is 0 Å². The molecule has 168 valence electrons. The number of hydrogen-bond acceptors (Lipinski definition) is 7. The predicted molar refractivity (Wildman–Crippen MR) is 124 cm³/mol. The van der Waals surface area contributed by atoms with E-state index >= 15 is 0 Å². The predicted octanol–water partition coefficient (Wildman–Crippen LogP) is 2.28. The van der Waals surface area contributed by atoms with E-state index in [1.165, 1.54) is 14.2 Å². The largest absolute Gasteiger partial charge is 0.493 e. The molecule has 0 bridgehead atoms. The van der Waals surface area contributed by atoms with Gasteiger partial charge in [0.15, 0.2) is 11.5 Å². The molecule has 0 spiro atoms. The molecular weight excluding hydrogens is 408 g/mol. The summed E-state index contributed by atoms with van der Waals surface area (Å²) in [5.41, 5.74) is 3.02. The Balaban J connectivity index is 1.63. The molecule has 1 saturated heterocycles. The minimum atomic E-state index is -0.372. The van der Waals surface area contributed by atoms with Crippen LogP contribution >= 0.6 is 0 Å². The lowest BCUT2D eigenvalue weighted by Crippen LogP contribution is -2.44. The van der Waals surface area contributed by atoms with E-state index in [0.717, 1.165) is 42.5 Å². The van der Waals surface area contributed by atoms with E-state index < -0.39 is 0 Å². The van der Waals surface area contributed by atoms with Gasteiger partial charge in [-0.3, -0.25) is 14.5 Å². The molecule has 8 heteroatoms. The number of rotatable bonds is 6. The van der Waals surface area contributed by atoms with E-state index in [1.807, 2.05) is 24.3 Å². The van der Waals surface area contributed by atoms with Crippen LogP contribution in [-0.4, -0.2) is 76.1 Å². The zero-order chi connectivity index (χ0) is 22.8. The smallest absolute Gasteiger partial charge is 0.277 e. The summed E-state index contributed by atoms with van der Waals surface area (Å²) in [5.74, 6) is 0.306. The third kappa shape index (κ3) is 4.01. The molecule has 0 atom stereocenters. The Morgan fingerprint density at radius 1 is 0.812 bits per heavy atom. The highest BCUT2D eigenvalue weighted by molar-refractivity contribution is 6.36. The topological polar surface area (TPSA) is 74.4 Å². The summed E-state index contributed by atoms with van der Waals surface area (Å²) in [6, 6.07) is 13.1. The van der Waals surface area contributed by atoms with Crippen LogP contribution in [0.25, 0.3) is 5.57 Å². The van der Waals surface area contributed by atoms with Crippen molar-refractivity contribution in [3.05, 3.63) is 53.7 Å². The average molecular weight is 437 g/mol. The molecule has 0 unspecified atom stereocenters. The summed E-state index contributed by atoms with van der Waals surface area (Å²) in [6.45, 7) is 4.03. The molecule has 2 aromatic carbocycles. The van der Waals surface area contributed by atoms with Crippen LogP contribution in [0.15, 0.2) is 48.2 Å². The van der Waals surface area contributed by atoms with Crippen molar-refractivity contribution >= 4 is 28.8 Å². The quantitative estimate of drug-likeness (QED) is 0.697. The van der Waals surface area contributed by atoms with Crippen LogP contribution in [0.4, 0.5) is 11.4 Å². The second-order valence-corrected chi connectivity index (χ2v) is 7.95. The number of benzene rings is 2. The number of hydrogen-bond donors (Lipinski definition) is 1. The van der Waals surface area contributed by atoms with Gasteiger partial charge in [0, 0.05) is 44.6 Å². The third-order valence-corrected chi connectivity index (χ3v) is 5.96. The minimum Gasteiger partial charge on any atom is -0.493 e. The molecule has 2 aliphatic rings. The number of carbonyl (C=O) groups is 2. The number of likely N-dealkylation sites (N-methyl/N-ethyl adjacent to an activating group) is 2. The standard InChI is InChI=1S/C24H28N4O4/c1-26-11-13-28(14-12-26)18-8-6-17(7-9-18)25-22-21(23(29)27(2)24(22)30)16-5-10-19(31-3)20(15-16)32-4/h5-10,15,25H,11-14H2,1-4H3. The number of methoxy groups -OCH3 is 2. The highest BCUT2D eigenvalue weighted by Gasteiger charge is 2.37. The molecule has 1 N–H and O–H groups in total. The van der Waals surface area contributed by atoms with Gasteiger partial charge in [-0.2, -0.15) is 0 Å². The van der Waals surface area contributed by atoms with Gasteiger partial charge in [0.25, 0.3) is 11.8 Å². The van der Waals surface area contributed by atoms with Crippen molar-refractivity contribution < 1.29 is 19.1 Å². The molecule has 1 fully saturated rings. The van der Waals surface area contributed by atoms with Crippen LogP contribution in [0.2, 0.25) is 0 Å². The van der Waals surface area contributed by atoms with E-state index in [9.17, 15) is 9.59 Å². The molecule has 8 nitrogen and oxygen atoms in total. The summed E-state index contributed by atoms with van der Waals surface area (Å²) in [7, 11) is 6.69. The van der Waals surface area contributed by atoms with E-state index in [2.05, 4.69) is 22.2 Å². The molecule has 32 heavy (non-hydrogen) atoms. The highest BCUT2D eigenvalue weighted by atomic mass is 16.5. The van der Waals surface area contributed by atoms with Crippen LogP contribution in [0.3, 0.4) is 0 Å². The van der Waals surface area contributed by atoms with Crippen LogP contribution < -0.4 is 19.7 Å². The average Bonchev–Trinajstić information content (AvgIpc) is 3.03. The first-order chi connectivity index (χ1) is 15.4. The second-order valence-electron chi connectivity index (χ2n) is 7.95. The number of amides is 2. The van der Waals surface area contributed by atoms with Crippen LogP contribution in [0, 0.1) is 0 Å². The number of anilines is 2. The molecule has 0 aliphatic carbocycles. The number of piperazine rings is 1. The van der Waals surface area contributed by atoms with Gasteiger partial charge in [-0.1, -0.05) is 6.07 Å². The number of carbonyl (C=O) groups excluding carboxylic acids is 2. The molecule has 4 rings (SSSR count).